The summed E-state index contributed by atoms with van der Waals surface area (Å²) in [6.45, 7) is 1.32. The highest BCUT2D eigenvalue weighted by Crippen LogP contribution is 2.38. The van der Waals surface area contributed by atoms with E-state index in [9.17, 15) is 0 Å². The number of hydrogen-bond donors (Lipinski definition) is 1. The number of halogens is 1. The second kappa shape index (κ2) is 4.19. The fourth-order valence-corrected chi connectivity index (χ4v) is 2.04. The third-order valence-corrected chi connectivity index (χ3v) is 2.65. The highest BCUT2D eigenvalue weighted by Gasteiger charge is 2.15. The third-order valence-electron chi connectivity index (χ3n) is 2.06. The Hall–Kier alpha value is -0.740. The van der Waals surface area contributed by atoms with E-state index in [1.165, 1.54) is 0 Å². The van der Waals surface area contributed by atoms with Crippen LogP contribution >= 0.6 is 15.9 Å². The molecular formula is C10H11BrO3. The highest BCUT2D eigenvalue weighted by molar-refractivity contribution is 9.10. The number of fused-ring (bicyclic) bond motifs is 1. The minimum absolute atomic E-state index is 0.145. The van der Waals surface area contributed by atoms with Crippen molar-refractivity contribution in [2.24, 2.45) is 0 Å². The molecule has 1 aromatic carbocycles. The zero-order valence-corrected chi connectivity index (χ0v) is 9.21. The molecule has 4 heteroatoms. The average Bonchev–Trinajstić information content (AvgIpc) is 2.18. The van der Waals surface area contributed by atoms with E-state index in [-0.39, 0.29) is 6.61 Å². The smallest absolute Gasteiger partial charge is 0.175 e. The molecule has 0 spiro atoms. The Bertz CT molecular complexity index is 338. The number of aliphatic hydroxyl groups excluding tert-OH is 1. The van der Waals surface area contributed by atoms with Crippen molar-refractivity contribution in [3.8, 4) is 11.5 Å². The van der Waals surface area contributed by atoms with Gasteiger partial charge in [0.2, 0.25) is 0 Å². The zero-order valence-electron chi connectivity index (χ0n) is 7.62. The molecule has 1 aliphatic rings. The van der Waals surface area contributed by atoms with Gasteiger partial charge in [-0.1, -0.05) is 0 Å². The number of ether oxygens (including phenoxy) is 2. The van der Waals surface area contributed by atoms with E-state index in [4.69, 9.17) is 14.6 Å². The van der Waals surface area contributed by atoms with Gasteiger partial charge in [-0.25, -0.2) is 0 Å². The predicted molar refractivity (Wildman–Crippen MR) is 55.9 cm³/mol. The molecule has 0 aromatic heterocycles. The maximum absolute atomic E-state index is 8.83. The van der Waals surface area contributed by atoms with Gasteiger partial charge >= 0.3 is 0 Å². The second-order valence-corrected chi connectivity index (χ2v) is 3.93. The Labute approximate surface area is 90.8 Å². The molecule has 3 nitrogen and oxygen atoms in total. The fourth-order valence-electron chi connectivity index (χ4n) is 1.44. The molecule has 1 aliphatic heterocycles. The summed E-state index contributed by atoms with van der Waals surface area (Å²) in [4.78, 5) is 0. The number of aliphatic hydroxyl groups is 1. The van der Waals surface area contributed by atoms with Gasteiger partial charge in [0, 0.05) is 6.61 Å². The van der Waals surface area contributed by atoms with Crippen molar-refractivity contribution in [2.45, 2.75) is 6.42 Å². The molecule has 1 heterocycles. The minimum atomic E-state index is 0.145. The van der Waals surface area contributed by atoms with Gasteiger partial charge < -0.3 is 14.6 Å². The molecular weight excluding hydrogens is 248 g/mol. The quantitative estimate of drug-likeness (QED) is 0.879. The first-order valence-electron chi connectivity index (χ1n) is 4.50. The Kier molecular flexibility index (Phi) is 2.93. The molecule has 0 amide bonds. The molecule has 2 rings (SSSR count). The summed E-state index contributed by atoms with van der Waals surface area (Å²) in [5.41, 5.74) is 1.05. The van der Waals surface area contributed by atoms with E-state index in [1.54, 1.807) is 0 Å². The highest BCUT2D eigenvalue weighted by atomic mass is 79.9. The van der Waals surface area contributed by atoms with Crippen LogP contribution in [-0.2, 0) is 6.42 Å². The lowest BCUT2D eigenvalue weighted by molar-refractivity contribution is 0.170. The standard InChI is InChI=1S/C10H11BrO3/c11-8-5-7(1-2-12)6-9-10(8)14-4-3-13-9/h5-6,12H,1-4H2. The van der Waals surface area contributed by atoms with Crippen molar-refractivity contribution < 1.29 is 14.6 Å². The Morgan fingerprint density at radius 2 is 2.07 bits per heavy atom. The van der Waals surface area contributed by atoms with Crippen LogP contribution in [0.5, 0.6) is 11.5 Å². The van der Waals surface area contributed by atoms with Crippen molar-refractivity contribution in [1.29, 1.82) is 0 Å². The van der Waals surface area contributed by atoms with E-state index in [1.807, 2.05) is 12.1 Å². The third kappa shape index (κ3) is 1.86. The Balaban J connectivity index is 2.36. The van der Waals surface area contributed by atoms with Crippen molar-refractivity contribution in [1.82, 2.24) is 0 Å². The number of benzene rings is 1. The van der Waals surface area contributed by atoms with E-state index < -0.39 is 0 Å². The van der Waals surface area contributed by atoms with E-state index >= 15 is 0 Å². The summed E-state index contributed by atoms with van der Waals surface area (Å²) in [6.07, 6.45) is 0.634. The van der Waals surface area contributed by atoms with Gasteiger partial charge in [0.25, 0.3) is 0 Å². The van der Waals surface area contributed by atoms with Gasteiger partial charge in [0.05, 0.1) is 4.47 Å². The zero-order chi connectivity index (χ0) is 9.97. The first-order valence-corrected chi connectivity index (χ1v) is 5.29. The monoisotopic (exact) mass is 258 g/mol. The molecule has 0 fully saturated rings. The van der Waals surface area contributed by atoms with Gasteiger partial charge in [-0.15, -0.1) is 0 Å². The molecule has 0 bridgehead atoms. The van der Waals surface area contributed by atoms with Crippen molar-refractivity contribution in [2.75, 3.05) is 19.8 Å². The SMILES string of the molecule is OCCc1cc(Br)c2c(c1)OCCO2. The van der Waals surface area contributed by atoms with Crippen molar-refractivity contribution >= 4 is 15.9 Å². The topological polar surface area (TPSA) is 38.7 Å². The lowest BCUT2D eigenvalue weighted by Gasteiger charge is -2.20. The lowest BCUT2D eigenvalue weighted by atomic mass is 10.1. The van der Waals surface area contributed by atoms with Crippen LogP contribution in [0.25, 0.3) is 0 Å². The molecule has 14 heavy (non-hydrogen) atoms. The van der Waals surface area contributed by atoms with Crippen LogP contribution in [0.15, 0.2) is 16.6 Å². The lowest BCUT2D eigenvalue weighted by Crippen LogP contribution is -2.16. The summed E-state index contributed by atoms with van der Waals surface area (Å²) in [6, 6.07) is 3.86. The van der Waals surface area contributed by atoms with Crippen molar-refractivity contribution in [3.63, 3.8) is 0 Å². The van der Waals surface area contributed by atoms with Crippen LogP contribution in [0.2, 0.25) is 0 Å². The molecule has 1 N–H and O–H groups in total. The van der Waals surface area contributed by atoms with Gasteiger partial charge in [0.15, 0.2) is 11.5 Å². The van der Waals surface area contributed by atoms with Crippen LogP contribution in [0.4, 0.5) is 0 Å². The maximum atomic E-state index is 8.83. The minimum Gasteiger partial charge on any atom is -0.486 e. The van der Waals surface area contributed by atoms with E-state index in [0.29, 0.717) is 19.6 Å². The summed E-state index contributed by atoms with van der Waals surface area (Å²) < 4.78 is 11.8. The molecule has 0 unspecified atom stereocenters. The van der Waals surface area contributed by atoms with Crippen LogP contribution < -0.4 is 9.47 Å². The van der Waals surface area contributed by atoms with Crippen LogP contribution in [0, 0.1) is 0 Å². The molecule has 0 aliphatic carbocycles. The van der Waals surface area contributed by atoms with Gasteiger partial charge in [-0.3, -0.25) is 0 Å². The van der Waals surface area contributed by atoms with Crippen LogP contribution in [0.1, 0.15) is 5.56 Å². The molecule has 0 radical (unpaired) electrons. The largest absolute Gasteiger partial charge is 0.486 e. The van der Waals surface area contributed by atoms with Gasteiger partial charge in [-0.05, 0) is 40.0 Å². The number of rotatable bonds is 2. The summed E-state index contributed by atoms with van der Waals surface area (Å²) in [5, 5.41) is 8.83. The van der Waals surface area contributed by atoms with E-state index in [2.05, 4.69) is 15.9 Å². The predicted octanol–water partition coefficient (Wildman–Crippen LogP) is 1.76. The molecule has 0 atom stereocenters. The molecule has 0 saturated heterocycles. The maximum Gasteiger partial charge on any atom is 0.175 e. The Morgan fingerprint density at radius 3 is 2.86 bits per heavy atom. The van der Waals surface area contributed by atoms with Gasteiger partial charge in [-0.2, -0.15) is 0 Å². The first kappa shape index (κ1) is 9.80. The Morgan fingerprint density at radius 1 is 1.29 bits per heavy atom. The normalized spacial score (nSPS) is 14.1. The first-order chi connectivity index (χ1) is 6.81. The van der Waals surface area contributed by atoms with E-state index in [0.717, 1.165) is 21.5 Å². The van der Waals surface area contributed by atoms with Crippen LogP contribution in [-0.4, -0.2) is 24.9 Å². The molecule has 76 valence electrons. The summed E-state index contributed by atoms with van der Waals surface area (Å²) in [7, 11) is 0. The molecule has 0 saturated carbocycles. The fraction of sp³-hybridized carbons (Fsp3) is 0.400. The van der Waals surface area contributed by atoms with Gasteiger partial charge in [0.1, 0.15) is 13.2 Å². The second-order valence-electron chi connectivity index (χ2n) is 3.08. The average molecular weight is 259 g/mol. The van der Waals surface area contributed by atoms with Crippen molar-refractivity contribution in [3.05, 3.63) is 22.2 Å². The summed E-state index contributed by atoms with van der Waals surface area (Å²) in [5.74, 6) is 1.52. The summed E-state index contributed by atoms with van der Waals surface area (Å²) >= 11 is 3.42. The van der Waals surface area contributed by atoms with Crippen LogP contribution in [0.3, 0.4) is 0 Å². The molecule has 1 aromatic rings. The number of hydrogen-bond acceptors (Lipinski definition) is 3.